The lowest BCUT2D eigenvalue weighted by molar-refractivity contribution is -0.147. The number of ether oxygens (including phenoxy) is 1. The van der Waals surface area contributed by atoms with E-state index in [0.29, 0.717) is 6.42 Å². The minimum atomic E-state index is -1.26. The summed E-state index contributed by atoms with van der Waals surface area (Å²) in [7, 11) is 0. The predicted octanol–water partition coefficient (Wildman–Crippen LogP) is 0.784. The molecule has 0 aromatic heterocycles. The van der Waals surface area contributed by atoms with Crippen LogP contribution in [-0.2, 0) is 28.7 Å². The molecule has 2 saturated carbocycles. The largest absolute Gasteiger partial charge is 0.460 e. The van der Waals surface area contributed by atoms with Crippen molar-refractivity contribution in [3.8, 4) is 0 Å². The number of carbonyl (C=O) groups is 6. The Morgan fingerprint density at radius 2 is 1.73 bits per heavy atom. The van der Waals surface area contributed by atoms with Gasteiger partial charge in [-0.25, -0.2) is 9.59 Å². The van der Waals surface area contributed by atoms with Crippen LogP contribution in [-0.4, -0.2) is 77.2 Å². The molecule has 0 aromatic carbocycles. The number of primary amides is 1. The van der Waals surface area contributed by atoms with Crippen LogP contribution in [0.3, 0.4) is 0 Å². The summed E-state index contributed by atoms with van der Waals surface area (Å²) in [6.45, 7) is 10.8. The van der Waals surface area contributed by atoms with Crippen molar-refractivity contribution in [1.82, 2.24) is 20.9 Å². The zero-order chi connectivity index (χ0) is 30.0. The van der Waals surface area contributed by atoms with Crippen molar-refractivity contribution in [1.29, 1.82) is 0 Å². The van der Waals surface area contributed by atoms with Crippen molar-refractivity contribution in [3.63, 3.8) is 0 Å². The maximum atomic E-state index is 13.8. The third kappa shape index (κ3) is 7.19. The van der Waals surface area contributed by atoms with Gasteiger partial charge in [0.05, 0.1) is 6.04 Å². The van der Waals surface area contributed by atoms with Gasteiger partial charge in [0, 0.05) is 18.2 Å². The van der Waals surface area contributed by atoms with Gasteiger partial charge in [-0.15, -0.1) is 0 Å². The summed E-state index contributed by atoms with van der Waals surface area (Å²) in [4.78, 5) is 77.8. The van der Waals surface area contributed by atoms with E-state index in [1.807, 2.05) is 13.8 Å². The van der Waals surface area contributed by atoms with Crippen molar-refractivity contribution in [2.24, 2.45) is 28.9 Å². The molecule has 3 fully saturated rings. The number of likely N-dealkylation sites (tertiary alicyclic amines) is 1. The Morgan fingerprint density at radius 3 is 2.25 bits per heavy atom. The zero-order valence-corrected chi connectivity index (χ0v) is 24.2. The highest BCUT2D eigenvalue weighted by Crippen LogP contribution is 2.64. The summed E-state index contributed by atoms with van der Waals surface area (Å²) in [5.74, 6) is -3.74. The van der Waals surface area contributed by atoms with Crippen LogP contribution in [0, 0.1) is 23.2 Å². The van der Waals surface area contributed by atoms with E-state index >= 15 is 0 Å². The Balaban J connectivity index is 1.82. The molecule has 0 radical (unpaired) electrons. The van der Waals surface area contributed by atoms with Gasteiger partial charge >= 0.3 is 12.0 Å². The topological polar surface area (TPSA) is 177 Å². The van der Waals surface area contributed by atoms with Gasteiger partial charge in [-0.1, -0.05) is 39.2 Å². The number of amides is 5. The van der Waals surface area contributed by atoms with Gasteiger partial charge < -0.3 is 31.3 Å². The first kappa shape index (κ1) is 31.1. The van der Waals surface area contributed by atoms with Gasteiger partial charge in [0.25, 0.3) is 5.91 Å². The second-order valence-corrected chi connectivity index (χ2v) is 12.7. The number of piperidine rings is 1. The Labute approximate surface area is 235 Å². The van der Waals surface area contributed by atoms with Crippen LogP contribution in [0.2, 0.25) is 0 Å². The lowest BCUT2D eigenvalue weighted by atomic mass is 9.80. The molecule has 3 rings (SSSR count). The fraction of sp³-hybridized carbons (Fsp3) is 0.714. The molecule has 3 aliphatic rings. The van der Waals surface area contributed by atoms with E-state index in [1.54, 1.807) is 27.7 Å². The van der Waals surface area contributed by atoms with E-state index in [9.17, 15) is 28.8 Å². The number of hydrogen-bond acceptors (Lipinski definition) is 7. The zero-order valence-electron chi connectivity index (χ0n) is 24.2. The SMILES string of the molecule is C/C=C/C(=O)OC[C@H](NC(=O)NC(C)(C)C)C(=O)N1C[C@H]2[C@@H]([C@H]1C(=O)NC(CC1CCC1)C(=O)C(N)=O)C2(C)C. The second kappa shape index (κ2) is 12.0. The van der Waals surface area contributed by atoms with E-state index in [0.717, 1.165) is 19.3 Å². The standard InChI is InChI=1S/C28H43N5O7/c1-7-9-19(34)40-14-18(31-26(39)32-27(2,3)4)25(38)33-13-16-20(28(16,5)6)21(33)24(37)30-17(22(35)23(29)36)12-15-10-8-11-15/h7,9,15-18,20-21H,8,10-14H2,1-6H3,(H2,29,36)(H,30,37)(H2,31,32,39)/b9-7+/t16-,17?,18-,20-,21-/m0/s1. The molecule has 1 heterocycles. The molecule has 2 aliphatic carbocycles. The number of allylic oxidation sites excluding steroid dienone is 1. The first-order valence-electron chi connectivity index (χ1n) is 13.9. The number of esters is 1. The molecule has 1 saturated heterocycles. The van der Waals surface area contributed by atoms with E-state index in [2.05, 4.69) is 16.0 Å². The lowest BCUT2D eigenvalue weighted by Gasteiger charge is -2.34. The number of ketones is 1. The molecule has 12 heteroatoms. The molecular weight excluding hydrogens is 518 g/mol. The van der Waals surface area contributed by atoms with Crippen molar-refractivity contribution < 1.29 is 33.5 Å². The fourth-order valence-corrected chi connectivity index (χ4v) is 5.79. The summed E-state index contributed by atoms with van der Waals surface area (Å²) in [5, 5.41) is 8.02. The molecule has 0 aromatic rings. The summed E-state index contributed by atoms with van der Waals surface area (Å²) < 4.78 is 5.20. The summed E-state index contributed by atoms with van der Waals surface area (Å²) in [6, 6.07) is -3.89. The van der Waals surface area contributed by atoms with Crippen molar-refractivity contribution in [3.05, 3.63) is 12.2 Å². The quantitative estimate of drug-likeness (QED) is 0.164. The molecule has 0 spiro atoms. The summed E-state index contributed by atoms with van der Waals surface area (Å²) in [5.41, 5.74) is 4.45. The van der Waals surface area contributed by atoms with Crippen molar-refractivity contribution in [2.75, 3.05) is 13.2 Å². The number of urea groups is 1. The lowest BCUT2D eigenvalue weighted by Crippen LogP contribution is -2.60. The first-order chi connectivity index (χ1) is 18.6. The molecular formula is C28H43N5O7. The average Bonchev–Trinajstić information content (AvgIpc) is 3.14. The maximum absolute atomic E-state index is 13.8. The van der Waals surface area contributed by atoms with Crippen LogP contribution in [0.5, 0.6) is 0 Å². The van der Waals surface area contributed by atoms with Crippen LogP contribution >= 0.6 is 0 Å². The van der Waals surface area contributed by atoms with Gasteiger partial charge in [-0.3, -0.25) is 19.2 Å². The van der Waals surface area contributed by atoms with Gasteiger partial charge in [-0.2, -0.15) is 0 Å². The van der Waals surface area contributed by atoms with E-state index in [-0.39, 0.29) is 29.7 Å². The molecule has 40 heavy (non-hydrogen) atoms. The first-order valence-corrected chi connectivity index (χ1v) is 13.9. The van der Waals surface area contributed by atoms with Crippen LogP contribution in [0.1, 0.15) is 67.2 Å². The number of carbonyl (C=O) groups excluding carboxylic acids is 6. The Morgan fingerprint density at radius 1 is 1.07 bits per heavy atom. The van der Waals surface area contributed by atoms with E-state index < -0.39 is 65.8 Å². The number of nitrogens with one attached hydrogen (secondary N) is 3. The highest BCUT2D eigenvalue weighted by molar-refractivity contribution is 6.37. The summed E-state index contributed by atoms with van der Waals surface area (Å²) in [6.07, 6.45) is 5.82. The van der Waals surface area contributed by atoms with Crippen molar-refractivity contribution in [2.45, 2.75) is 90.9 Å². The number of hydrogen-bond donors (Lipinski definition) is 4. The van der Waals surface area contributed by atoms with Crippen LogP contribution < -0.4 is 21.7 Å². The number of rotatable bonds is 11. The predicted molar refractivity (Wildman–Crippen MR) is 145 cm³/mol. The normalized spacial score (nSPS) is 24.8. The fourth-order valence-electron chi connectivity index (χ4n) is 5.79. The van der Waals surface area contributed by atoms with E-state index in [1.165, 1.54) is 17.1 Å². The number of fused-ring (bicyclic) bond motifs is 1. The van der Waals surface area contributed by atoms with Gasteiger partial charge in [0.15, 0.2) is 0 Å². The molecule has 222 valence electrons. The molecule has 1 aliphatic heterocycles. The Kier molecular flexibility index (Phi) is 9.31. The monoisotopic (exact) mass is 561 g/mol. The minimum Gasteiger partial charge on any atom is -0.460 e. The second-order valence-electron chi connectivity index (χ2n) is 12.7. The number of nitrogens with zero attached hydrogens (tertiary/aromatic N) is 1. The number of nitrogens with two attached hydrogens (primary N) is 1. The van der Waals surface area contributed by atoms with Gasteiger partial charge in [0.2, 0.25) is 17.6 Å². The Hall–Kier alpha value is -3.44. The molecule has 5 atom stereocenters. The summed E-state index contributed by atoms with van der Waals surface area (Å²) >= 11 is 0. The van der Waals surface area contributed by atoms with Gasteiger partial charge in [0.1, 0.15) is 18.7 Å². The highest BCUT2D eigenvalue weighted by Gasteiger charge is 2.69. The molecule has 0 bridgehead atoms. The Bertz CT molecular complexity index is 1080. The third-order valence-corrected chi connectivity index (χ3v) is 8.22. The van der Waals surface area contributed by atoms with Gasteiger partial charge in [-0.05, 0) is 57.3 Å². The minimum absolute atomic E-state index is 0.0266. The number of Topliss-reactive ketones (excluding diaryl/α,β-unsaturated/α-hetero) is 1. The van der Waals surface area contributed by atoms with Crippen LogP contribution in [0.4, 0.5) is 4.79 Å². The molecule has 5 amide bonds. The smallest absolute Gasteiger partial charge is 0.330 e. The molecule has 1 unspecified atom stereocenters. The van der Waals surface area contributed by atoms with Crippen molar-refractivity contribution >= 4 is 35.5 Å². The third-order valence-electron chi connectivity index (χ3n) is 8.22. The maximum Gasteiger partial charge on any atom is 0.330 e. The average molecular weight is 562 g/mol. The highest BCUT2D eigenvalue weighted by atomic mass is 16.5. The van der Waals surface area contributed by atoms with E-state index in [4.69, 9.17) is 10.5 Å². The molecule has 12 nitrogen and oxygen atoms in total. The molecule has 5 N–H and O–H groups in total. The van der Waals surface area contributed by atoms with Crippen LogP contribution in [0.15, 0.2) is 12.2 Å². The van der Waals surface area contributed by atoms with Crippen LogP contribution in [0.25, 0.3) is 0 Å².